The summed E-state index contributed by atoms with van der Waals surface area (Å²) in [5, 5.41) is 16.4. The third-order valence-electron chi connectivity index (χ3n) is 4.46. The van der Waals surface area contributed by atoms with Gasteiger partial charge in [0.05, 0.1) is 4.92 Å². The van der Waals surface area contributed by atoms with Gasteiger partial charge in [0.15, 0.2) is 0 Å². The number of hydrogen-bond donors (Lipinski definition) is 0. The Kier molecular flexibility index (Phi) is 4.83. The van der Waals surface area contributed by atoms with Crippen molar-refractivity contribution in [3.63, 3.8) is 0 Å². The number of aromatic nitrogens is 2. The van der Waals surface area contributed by atoms with Gasteiger partial charge in [0.1, 0.15) is 11.4 Å². The van der Waals surface area contributed by atoms with Gasteiger partial charge < -0.3 is 0 Å². The molecule has 0 radical (unpaired) electrons. The molecule has 0 bridgehead atoms. The average molecular weight is 344 g/mol. The molecule has 0 amide bonds. The van der Waals surface area contributed by atoms with Gasteiger partial charge in [-0.25, -0.2) is 0 Å². The lowest BCUT2D eigenvalue weighted by atomic mass is 9.82. The van der Waals surface area contributed by atoms with Crippen molar-refractivity contribution < 1.29 is 4.92 Å². The highest BCUT2D eigenvalue weighted by Crippen LogP contribution is 2.39. The van der Waals surface area contributed by atoms with Crippen LogP contribution >= 0.6 is 15.9 Å². The third-order valence-corrected chi connectivity index (χ3v) is 5.65. The topological polar surface area (TPSA) is 61.0 Å². The summed E-state index contributed by atoms with van der Waals surface area (Å²) in [7, 11) is 0. The Morgan fingerprint density at radius 1 is 1.30 bits per heavy atom. The summed E-state index contributed by atoms with van der Waals surface area (Å²) in [5.74, 6) is 0. The number of halogens is 1. The number of nitro groups is 1. The zero-order valence-electron chi connectivity index (χ0n) is 12.2. The first kappa shape index (κ1) is 15.5. The van der Waals surface area contributed by atoms with Crippen LogP contribution in [0.3, 0.4) is 0 Å². The molecule has 1 heterocycles. The monoisotopic (exact) mass is 343 g/mol. The molecule has 0 aromatic carbocycles. The SMILES string of the molecule is Cc1nn(CC2(CBr)CCCCCC2)c(C)c1[N+](=O)[O-]. The highest BCUT2D eigenvalue weighted by molar-refractivity contribution is 9.09. The minimum atomic E-state index is -0.317. The fourth-order valence-corrected chi connectivity index (χ4v) is 3.97. The van der Waals surface area contributed by atoms with Gasteiger partial charge in [-0.1, -0.05) is 41.6 Å². The van der Waals surface area contributed by atoms with Crippen LogP contribution in [0.25, 0.3) is 0 Å². The second-order valence-corrected chi connectivity index (χ2v) is 6.54. The van der Waals surface area contributed by atoms with E-state index in [1.165, 1.54) is 38.5 Å². The van der Waals surface area contributed by atoms with Gasteiger partial charge in [-0.05, 0) is 32.1 Å². The van der Waals surface area contributed by atoms with Crippen LogP contribution in [-0.4, -0.2) is 20.0 Å². The quantitative estimate of drug-likeness (QED) is 0.357. The molecule has 1 aromatic rings. The molecule has 2 rings (SSSR count). The standard InChI is InChI=1S/C14H22BrN3O2/c1-11-13(18(19)20)12(2)17(16-11)10-14(9-15)7-5-3-4-6-8-14/h3-10H2,1-2H3. The number of rotatable bonds is 4. The molecule has 5 nitrogen and oxygen atoms in total. The van der Waals surface area contributed by atoms with Crippen molar-refractivity contribution >= 4 is 21.6 Å². The smallest absolute Gasteiger partial charge is 0.262 e. The van der Waals surface area contributed by atoms with Crippen molar-refractivity contribution in [1.29, 1.82) is 0 Å². The second kappa shape index (κ2) is 6.24. The first-order valence-electron chi connectivity index (χ1n) is 7.23. The Labute approximate surface area is 128 Å². The number of nitrogens with zero attached hydrogens (tertiary/aromatic N) is 3. The van der Waals surface area contributed by atoms with Crippen LogP contribution < -0.4 is 0 Å². The third kappa shape index (κ3) is 3.05. The van der Waals surface area contributed by atoms with E-state index in [4.69, 9.17) is 0 Å². The molecule has 112 valence electrons. The molecule has 0 saturated heterocycles. The molecular weight excluding hydrogens is 322 g/mol. The van der Waals surface area contributed by atoms with E-state index in [0.29, 0.717) is 11.4 Å². The summed E-state index contributed by atoms with van der Waals surface area (Å²) in [6, 6.07) is 0. The van der Waals surface area contributed by atoms with Gasteiger partial charge in [-0.2, -0.15) is 5.10 Å². The molecule has 0 aliphatic heterocycles. The van der Waals surface area contributed by atoms with E-state index >= 15 is 0 Å². The first-order valence-corrected chi connectivity index (χ1v) is 8.36. The Balaban J connectivity index is 2.27. The Morgan fingerprint density at radius 2 is 1.90 bits per heavy atom. The molecule has 0 N–H and O–H groups in total. The van der Waals surface area contributed by atoms with Gasteiger partial charge >= 0.3 is 5.69 Å². The number of aryl methyl sites for hydroxylation is 1. The fourth-order valence-electron chi connectivity index (χ4n) is 3.24. The Hall–Kier alpha value is -0.910. The average Bonchev–Trinajstić information content (AvgIpc) is 2.57. The fraction of sp³-hybridized carbons (Fsp3) is 0.786. The van der Waals surface area contributed by atoms with E-state index in [9.17, 15) is 10.1 Å². The minimum Gasteiger partial charge on any atom is -0.262 e. The van der Waals surface area contributed by atoms with E-state index in [2.05, 4.69) is 21.0 Å². The zero-order chi connectivity index (χ0) is 14.8. The molecule has 0 spiro atoms. The van der Waals surface area contributed by atoms with E-state index in [1.54, 1.807) is 13.8 Å². The van der Waals surface area contributed by atoms with Crippen LogP contribution in [0.15, 0.2) is 0 Å². The van der Waals surface area contributed by atoms with E-state index in [0.717, 1.165) is 11.9 Å². The van der Waals surface area contributed by atoms with Crippen molar-refractivity contribution in [2.75, 3.05) is 5.33 Å². The minimum absolute atomic E-state index is 0.170. The van der Waals surface area contributed by atoms with Crippen LogP contribution in [0.2, 0.25) is 0 Å². The van der Waals surface area contributed by atoms with Crippen molar-refractivity contribution in [3.05, 3.63) is 21.5 Å². The van der Waals surface area contributed by atoms with E-state index in [-0.39, 0.29) is 16.0 Å². The Bertz CT molecular complexity index is 491. The molecular formula is C14H22BrN3O2. The lowest BCUT2D eigenvalue weighted by Gasteiger charge is -2.31. The van der Waals surface area contributed by atoms with Gasteiger partial charge in [0, 0.05) is 11.9 Å². The summed E-state index contributed by atoms with van der Waals surface area (Å²) in [6.45, 7) is 4.30. The molecule has 1 aliphatic rings. The normalized spacial score (nSPS) is 18.8. The summed E-state index contributed by atoms with van der Waals surface area (Å²) in [6.07, 6.45) is 7.42. The molecule has 1 aromatic heterocycles. The number of hydrogen-bond acceptors (Lipinski definition) is 3. The predicted octanol–water partition coefficient (Wildman–Crippen LogP) is 4.14. The summed E-state index contributed by atoms with van der Waals surface area (Å²) in [5.41, 5.74) is 1.55. The summed E-state index contributed by atoms with van der Waals surface area (Å²) in [4.78, 5) is 10.8. The van der Waals surface area contributed by atoms with Gasteiger partial charge in [0.2, 0.25) is 0 Å². The maximum atomic E-state index is 11.1. The van der Waals surface area contributed by atoms with Crippen molar-refractivity contribution in [1.82, 2.24) is 9.78 Å². The van der Waals surface area contributed by atoms with Crippen LogP contribution in [0, 0.1) is 29.4 Å². The molecule has 20 heavy (non-hydrogen) atoms. The van der Waals surface area contributed by atoms with Gasteiger partial charge in [0.25, 0.3) is 0 Å². The van der Waals surface area contributed by atoms with Crippen LogP contribution in [0.4, 0.5) is 5.69 Å². The molecule has 0 unspecified atom stereocenters. The highest BCUT2D eigenvalue weighted by atomic mass is 79.9. The van der Waals surface area contributed by atoms with Crippen molar-refractivity contribution in [3.8, 4) is 0 Å². The lowest BCUT2D eigenvalue weighted by Crippen LogP contribution is -2.29. The summed E-state index contributed by atoms with van der Waals surface area (Å²) < 4.78 is 1.85. The lowest BCUT2D eigenvalue weighted by molar-refractivity contribution is -0.386. The molecule has 1 fully saturated rings. The zero-order valence-corrected chi connectivity index (χ0v) is 13.8. The Morgan fingerprint density at radius 3 is 2.35 bits per heavy atom. The first-order chi connectivity index (χ1) is 9.49. The maximum Gasteiger partial charge on any atom is 0.312 e. The largest absolute Gasteiger partial charge is 0.312 e. The molecule has 0 atom stereocenters. The van der Waals surface area contributed by atoms with E-state index in [1.807, 2.05) is 4.68 Å². The second-order valence-electron chi connectivity index (χ2n) is 5.98. The molecule has 1 aliphatic carbocycles. The van der Waals surface area contributed by atoms with Crippen LogP contribution in [0.1, 0.15) is 49.9 Å². The summed E-state index contributed by atoms with van der Waals surface area (Å²) >= 11 is 3.66. The van der Waals surface area contributed by atoms with Crippen LogP contribution in [-0.2, 0) is 6.54 Å². The van der Waals surface area contributed by atoms with E-state index < -0.39 is 0 Å². The van der Waals surface area contributed by atoms with Crippen molar-refractivity contribution in [2.24, 2.45) is 5.41 Å². The van der Waals surface area contributed by atoms with Gasteiger partial charge in [-0.3, -0.25) is 14.8 Å². The predicted molar refractivity (Wildman–Crippen MR) is 82.3 cm³/mol. The molecule has 1 saturated carbocycles. The van der Waals surface area contributed by atoms with Crippen LogP contribution in [0.5, 0.6) is 0 Å². The molecule has 6 heteroatoms. The number of alkyl halides is 1. The maximum absolute atomic E-state index is 11.1. The highest BCUT2D eigenvalue weighted by Gasteiger charge is 2.33. The van der Waals surface area contributed by atoms with Crippen molar-refractivity contribution in [2.45, 2.75) is 58.9 Å². The van der Waals surface area contributed by atoms with Gasteiger partial charge in [-0.15, -0.1) is 0 Å².